The Hall–Kier alpha value is -0.720. The van der Waals surface area contributed by atoms with Crippen molar-refractivity contribution >= 4 is 0 Å². The summed E-state index contributed by atoms with van der Waals surface area (Å²) in [6.45, 7) is 6.31. The molecule has 0 aromatic rings. The summed E-state index contributed by atoms with van der Waals surface area (Å²) < 4.78 is 0. The lowest BCUT2D eigenvalue weighted by Gasteiger charge is -1.93. The Bertz CT molecular complexity index is 128. The minimum atomic E-state index is 1.32. The predicted octanol–water partition coefficient (Wildman–Crippen LogP) is 2.08. The first-order chi connectivity index (χ1) is 4.18. The average Bonchev–Trinajstić information content (AvgIpc) is 1.82. The summed E-state index contributed by atoms with van der Waals surface area (Å²) in [5, 5.41) is 2.94. The molecule has 0 aliphatic rings. The van der Waals surface area contributed by atoms with Gasteiger partial charge in [0, 0.05) is 7.05 Å². The zero-order valence-electron chi connectivity index (χ0n) is 6.65. The smallest absolute Gasteiger partial charge is 0.00277 e. The first kappa shape index (κ1) is 8.28. The molecule has 0 aromatic carbocycles. The predicted molar refractivity (Wildman–Crippen MR) is 42.2 cm³/mol. The first-order valence-corrected chi connectivity index (χ1v) is 3.16. The molecule has 0 aromatic heterocycles. The number of allylic oxidation sites excluding steroid dienone is 3. The van der Waals surface area contributed by atoms with Crippen LogP contribution in [0, 0.1) is 0 Å². The second kappa shape index (κ2) is 4.19. The van der Waals surface area contributed by atoms with Crippen LogP contribution in [0.4, 0.5) is 0 Å². The standard InChI is InChI=1S/C8H15N/c1-7(2)8(3)5-6-9-4/h5-6,9H,1-4H3/b6-5-. The second-order valence-electron chi connectivity index (χ2n) is 2.31. The van der Waals surface area contributed by atoms with Gasteiger partial charge in [0.25, 0.3) is 0 Å². The lowest BCUT2D eigenvalue weighted by atomic mass is 10.2. The molecule has 0 rings (SSSR count). The number of rotatable bonds is 2. The first-order valence-electron chi connectivity index (χ1n) is 3.16. The van der Waals surface area contributed by atoms with Gasteiger partial charge < -0.3 is 5.32 Å². The molecular weight excluding hydrogens is 110 g/mol. The van der Waals surface area contributed by atoms with Crippen LogP contribution in [0.5, 0.6) is 0 Å². The molecule has 0 fully saturated rings. The molecular formula is C8H15N. The molecule has 0 bridgehead atoms. The van der Waals surface area contributed by atoms with Crippen LogP contribution >= 0.6 is 0 Å². The summed E-state index contributed by atoms with van der Waals surface area (Å²) in [4.78, 5) is 0. The van der Waals surface area contributed by atoms with E-state index in [1.807, 2.05) is 13.2 Å². The third-order valence-corrected chi connectivity index (χ3v) is 1.29. The summed E-state index contributed by atoms with van der Waals surface area (Å²) in [6, 6.07) is 0. The van der Waals surface area contributed by atoms with Crippen molar-refractivity contribution in [2.45, 2.75) is 20.8 Å². The highest BCUT2D eigenvalue weighted by atomic mass is 14.8. The molecule has 9 heavy (non-hydrogen) atoms. The van der Waals surface area contributed by atoms with E-state index in [-0.39, 0.29) is 0 Å². The van der Waals surface area contributed by atoms with Gasteiger partial charge in [-0.05, 0) is 33.0 Å². The van der Waals surface area contributed by atoms with Crippen molar-refractivity contribution in [1.82, 2.24) is 5.32 Å². The maximum Gasteiger partial charge on any atom is 0.00277 e. The molecule has 0 radical (unpaired) electrons. The molecule has 0 unspecified atom stereocenters. The Morgan fingerprint density at radius 1 is 1.22 bits per heavy atom. The van der Waals surface area contributed by atoms with Crippen molar-refractivity contribution in [1.29, 1.82) is 0 Å². The summed E-state index contributed by atoms with van der Waals surface area (Å²) in [5.74, 6) is 0. The van der Waals surface area contributed by atoms with Crippen LogP contribution in [-0.4, -0.2) is 7.05 Å². The van der Waals surface area contributed by atoms with E-state index in [1.165, 1.54) is 11.1 Å². The molecule has 52 valence electrons. The van der Waals surface area contributed by atoms with E-state index in [0.29, 0.717) is 0 Å². The second-order valence-corrected chi connectivity index (χ2v) is 2.31. The molecule has 1 N–H and O–H groups in total. The highest BCUT2D eigenvalue weighted by Crippen LogP contribution is 2.01. The molecule has 1 nitrogen and oxygen atoms in total. The highest BCUT2D eigenvalue weighted by Gasteiger charge is 1.81. The highest BCUT2D eigenvalue weighted by molar-refractivity contribution is 5.20. The van der Waals surface area contributed by atoms with E-state index in [0.717, 1.165) is 0 Å². The van der Waals surface area contributed by atoms with Crippen LogP contribution in [0.1, 0.15) is 20.8 Å². The van der Waals surface area contributed by atoms with E-state index in [2.05, 4.69) is 32.2 Å². The van der Waals surface area contributed by atoms with Crippen LogP contribution in [-0.2, 0) is 0 Å². The van der Waals surface area contributed by atoms with Crippen molar-refractivity contribution in [3.8, 4) is 0 Å². The summed E-state index contributed by atoms with van der Waals surface area (Å²) in [5.41, 5.74) is 2.69. The van der Waals surface area contributed by atoms with Gasteiger partial charge in [0.1, 0.15) is 0 Å². The molecule has 0 amide bonds. The van der Waals surface area contributed by atoms with E-state index < -0.39 is 0 Å². The van der Waals surface area contributed by atoms with E-state index in [1.54, 1.807) is 0 Å². The Kier molecular flexibility index (Phi) is 3.85. The van der Waals surface area contributed by atoms with E-state index in [9.17, 15) is 0 Å². The fourth-order valence-corrected chi connectivity index (χ4v) is 0.375. The Labute approximate surface area is 57.5 Å². The van der Waals surface area contributed by atoms with Crippen LogP contribution in [0.2, 0.25) is 0 Å². The van der Waals surface area contributed by atoms with Crippen LogP contribution < -0.4 is 5.32 Å². The number of nitrogens with one attached hydrogen (secondary N) is 1. The third-order valence-electron chi connectivity index (χ3n) is 1.29. The molecule has 0 spiro atoms. The van der Waals surface area contributed by atoms with Gasteiger partial charge in [0.05, 0.1) is 0 Å². The lowest BCUT2D eigenvalue weighted by molar-refractivity contribution is 1.10. The molecule has 0 saturated heterocycles. The average molecular weight is 125 g/mol. The minimum absolute atomic E-state index is 1.32. The van der Waals surface area contributed by atoms with Gasteiger partial charge in [-0.3, -0.25) is 0 Å². The van der Waals surface area contributed by atoms with Gasteiger partial charge in [-0.15, -0.1) is 0 Å². The molecule has 1 heteroatoms. The topological polar surface area (TPSA) is 12.0 Å². The van der Waals surface area contributed by atoms with Crippen molar-refractivity contribution in [2.75, 3.05) is 7.05 Å². The van der Waals surface area contributed by atoms with Crippen molar-refractivity contribution in [3.63, 3.8) is 0 Å². The minimum Gasteiger partial charge on any atom is -0.394 e. The number of hydrogen-bond donors (Lipinski definition) is 1. The summed E-state index contributed by atoms with van der Waals surface area (Å²) in [6.07, 6.45) is 4.00. The zero-order valence-corrected chi connectivity index (χ0v) is 6.65. The largest absolute Gasteiger partial charge is 0.394 e. The zero-order chi connectivity index (χ0) is 7.28. The summed E-state index contributed by atoms with van der Waals surface area (Å²) >= 11 is 0. The van der Waals surface area contributed by atoms with Gasteiger partial charge in [-0.25, -0.2) is 0 Å². The molecule has 0 atom stereocenters. The number of hydrogen-bond acceptors (Lipinski definition) is 1. The van der Waals surface area contributed by atoms with Crippen molar-refractivity contribution < 1.29 is 0 Å². The van der Waals surface area contributed by atoms with Crippen LogP contribution in [0.25, 0.3) is 0 Å². The van der Waals surface area contributed by atoms with Crippen LogP contribution in [0.3, 0.4) is 0 Å². The molecule has 0 aliphatic carbocycles. The summed E-state index contributed by atoms with van der Waals surface area (Å²) in [7, 11) is 1.90. The quantitative estimate of drug-likeness (QED) is 0.557. The maximum atomic E-state index is 2.94. The van der Waals surface area contributed by atoms with Gasteiger partial charge in [-0.1, -0.05) is 11.1 Å². The van der Waals surface area contributed by atoms with Gasteiger partial charge >= 0.3 is 0 Å². The van der Waals surface area contributed by atoms with Gasteiger partial charge in [0.2, 0.25) is 0 Å². The van der Waals surface area contributed by atoms with Crippen molar-refractivity contribution in [2.24, 2.45) is 0 Å². The Morgan fingerprint density at radius 3 is 2.11 bits per heavy atom. The van der Waals surface area contributed by atoms with Gasteiger partial charge in [0.15, 0.2) is 0 Å². The normalized spacial score (nSPS) is 9.78. The maximum absolute atomic E-state index is 2.94. The van der Waals surface area contributed by atoms with E-state index in [4.69, 9.17) is 0 Å². The monoisotopic (exact) mass is 125 g/mol. The van der Waals surface area contributed by atoms with Crippen LogP contribution in [0.15, 0.2) is 23.4 Å². The SMILES string of the molecule is CN/C=C\C(C)=C(C)C. The fourth-order valence-electron chi connectivity index (χ4n) is 0.375. The fraction of sp³-hybridized carbons (Fsp3) is 0.500. The van der Waals surface area contributed by atoms with Gasteiger partial charge in [-0.2, -0.15) is 0 Å². The Balaban J connectivity index is 3.91. The van der Waals surface area contributed by atoms with Crippen molar-refractivity contribution in [3.05, 3.63) is 23.4 Å². The Morgan fingerprint density at radius 2 is 1.78 bits per heavy atom. The molecule has 0 heterocycles. The molecule has 0 saturated carbocycles. The van der Waals surface area contributed by atoms with E-state index >= 15 is 0 Å². The lowest BCUT2D eigenvalue weighted by Crippen LogP contribution is -1.91. The molecule has 0 aliphatic heterocycles. The third kappa shape index (κ3) is 3.83.